The van der Waals surface area contributed by atoms with E-state index in [2.05, 4.69) is 16.2 Å². The van der Waals surface area contributed by atoms with Gasteiger partial charge in [0.05, 0.1) is 13.2 Å². The summed E-state index contributed by atoms with van der Waals surface area (Å²) in [6.45, 7) is 2.59. The second kappa shape index (κ2) is 8.28. The molecule has 0 bridgehead atoms. The maximum Gasteiger partial charge on any atom is 0.123 e. The summed E-state index contributed by atoms with van der Waals surface area (Å²) in [5.74, 6) is 0. The summed E-state index contributed by atoms with van der Waals surface area (Å²) in [6.07, 6.45) is 6.89. The fourth-order valence-corrected chi connectivity index (χ4v) is 0.436. The summed E-state index contributed by atoms with van der Waals surface area (Å²) >= 11 is 0. The highest BCUT2D eigenvalue weighted by Gasteiger charge is 1.85. The van der Waals surface area contributed by atoms with Gasteiger partial charge < -0.3 is 14.8 Å². The second-order valence-electron chi connectivity index (χ2n) is 1.68. The quantitative estimate of drug-likeness (QED) is 0.413. The molecule has 0 aliphatic heterocycles. The van der Waals surface area contributed by atoms with E-state index in [4.69, 9.17) is 11.2 Å². The SMILES string of the molecule is C#COCCOCCNC. The van der Waals surface area contributed by atoms with Gasteiger partial charge in [-0.15, -0.1) is 0 Å². The average molecular weight is 143 g/mol. The molecule has 0 rings (SSSR count). The van der Waals surface area contributed by atoms with Gasteiger partial charge in [0.2, 0.25) is 0 Å². The van der Waals surface area contributed by atoms with Crippen LogP contribution in [0.4, 0.5) is 0 Å². The number of likely N-dealkylation sites (N-methyl/N-ethyl adjacent to an activating group) is 1. The van der Waals surface area contributed by atoms with Crippen molar-refractivity contribution in [1.82, 2.24) is 5.32 Å². The van der Waals surface area contributed by atoms with Crippen LogP contribution in [0, 0.1) is 12.5 Å². The molecule has 0 aliphatic carbocycles. The molecule has 10 heavy (non-hydrogen) atoms. The van der Waals surface area contributed by atoms with E-state index < -0.39 is 0 Å². The minimum Gasteiger partial charge on any atom is -0.444 e. The summed E-state index contributed by atoms with van der Waals surface area (Å²) < 4.78 is 9.69. The molecule has 0 atom stereocenters. The lowest BCUT2D eigenvalue weighted by atomic mass is 10.7. The molecule has 0 fully saturated rings. The highest BCUT2D eigenvalue weighted by atomic mass is 16.5. The fraction of sp³-hybridized carbons (Fsp3) is 0.714. The number of ether oxygens (including phenoxy) is 2. The lowest BCUT2D eigenvalue weighted by molar-refractivity contribution is 0.0935. The first-order valence-corrected chi connectivity index (χ1v) is 3.21. The molecular weight excluding hydrogens is 130 g/mol. The predicted octanol–water partition coefficient (Wildman–Crippen LogP) is -0.170. The number of rotatable bonds is 6. The smallest absolute Gasteiger partial charge is 0.123 e. The van der Waals surface area contributed by atoms with E-state index in [0.29, 0.717) is 19.8 Å². The van der Waals surface area contributed by atoms with Gasteiger partial charge in [0, 0.05) is 6.54 Å². The van der Waals surface area contributed by atoms with Crippen LogP contribution in [0.15, 0.2) is 0 Å². The molecule has 0 spiro atoms. The van der Waals surface area contributed by atoms with Crippen molar-refractivity contribution in [2.75, 3.05) is 33.4 Å². The van der Waals surface area contributed by atoms with E-state index >= 15 is 0 Å². The maximum absolute atomic E-state index is 5.09. The van der Waals surface area contributed by atoms with Crippen LogP contribution < -0.4 is 5.32 Å². The van der Waals surface area contributed by atoms with Crippen LogP contribution in [-0.4, -0.2) is 33.4 Å². The molecule has 0 saturated carbocycles. The molecule has 0 amide bonds. The van der Waals surface area contributed by atoms with Gasteiger partial charge >= 0.3 is 0 Å². The lowest BCUT2D eigenvalue weighted by Crippen LogP contribution is -2.15. The van der Waals surface area contributed by atoms with Gasteiger partial charge in [0.15, 0.2) is 0 Å². The third-order valence-corrected chi connectivity index (χ3v) is 0.909. The van der Waals surface area contributed by atoms with E-state index in [0.717, 1.165) is 6.54 Å². The van der Waals surface area contributed by atoms with Crippen molar-refractivity contribution in [3.05, 3.63) is 0 Å². The highest BCUT2D eigenvalue weighted by molar-refractivity contribution is 4.67. The first-order valence-electron chi connectivity index (χ1n) is 3.21. The van der Waals surface area contributed by atoms with E-state index in [1.54, 1.807) is 0 Å². The summed E-state index contributed by atoms with van der Waals surface area (Å²) in [6, 6.07) is 0. The molecule has 0 saturated heterocycles. The van der Waals surface area contributed by atoms with Crippen molar-refractivity contribution in [2.24, 2.45) is 0 Å². The van der Waals surface area contributed by atoms with Crippen molar-refractivity contribution in [2.45, 2.75) is 0 Å². The Labute approximate surface area is 61.7 Å². The molecule has 58 valence electrons. The molecule has 3 nitrogen and oxygen atoms in total. The number of hydrogen-bond acceptors (Lipinski definition) is 3. The van der Waals surface area contributed by atoms with Crippen LogP contribution in [0.3, 0.4) is 0 Å². The topological polar surface area (TPSA) is 30.5 Å². The van der Waals surface area contributed by atoms with Crippen molar-refractivity contribution in [3.63, 3.8) is 0 Å². The lowest BCUT2D eigenvalue weighted by Gasteiger charge is -2.01. The largest absolute Gasteiger partial charge is 0.444 e. The standard InChI is InChI=1S/C7H13NO2/c1-3-9-6-7-10-5-4-8-2/h1,8H,4-7H2,2H3. The Morgan fingerprint density at radius 2 is 2.20 bits per heavy atom. The van der Waals surface area contributed by atoms with Gasteiger partial charge in [-0.05, 0) is 7.05 Å². The van der Waals surface area contributed by atoms with Gasteiger partial charge in [0.25, 0.3) is 0 Å². The predicted molar refractivity (Wildman–Crippen MR) is 39.5 cm³/mol. The van der Waals surface area contributed by atoms with Gasteiger partial charge in [-0.2, -0.15) is 0 Å². The van der Waals surface area contributed by atoms with E-state index in [-0.39, 0.29) is 0 Å². The Morgan fingerprint density at radius 1 is 1.40 bits per heavy atom. The van der Waals surface area contributed by atoms with Crippen molar-refractivity contribution < 1.29 is 9.47 Å². The molecule has 0 unspecified atom stereocenters. The zero-order valence-corrected chi connectivity index (χ0v) is 6.22. The molecule has 3 heteroatoms. The second-order valence-corrected chi connectivity index (χ2v) is 1.68. The van der Waals surface area contributed by atoms with Crippen LogP contribution in [-0.2, 0) is 9.47 Å². The zero-order chi connectivity index (χ0) is 7.66. The normalized spacial score (nSPS) is 8.80. The summed E-state index contributed by atoms with van der Waals surface area (Å²) in [4.78, 5) is 0. The Balaban J connectivity index is 2.72. The Morgan fingerprint density at radius 3 is 2.80 bits per heavy atom. The van der Waals surface area contributed by atoms with Crippen LogP contribution in [0.5, 0.6) is 0 Å². The molecule has 0 aromatic carbocycles. The molecular formula is C7H13NO2. The van der Waals surface area contributed by atoms with E-state index in [1.807, 2.05) is 7.05 Å². The Kier molecular flexibility index (Phi) is 7.68. The summed E-state index contributed by atoms with van der Waals surface area (Å²) in [5, 5.41) is 2.95. The average Bonchev–Trinajstić information content (AvgIpc) is 1.97. The molecule has 0 aliphatic rings. The van der Waals surface area contributed by atoms with E-state index in [1.165, 1.54) is 0 Å². The van der Waals surface area contributed by atoms with Crippen molar-refractivity contribution >= 4 is 0 Å². The van der Waals surface area contributed by atoms with Gasteiger partial charge in [-0.25, -0.2) is 0 Å². The van der Waals surface area contributed by atoms with Crippen molar-refractivity contribution in [3.8, 4) is 12.5 Å². The minimum atomic E-state index is 0.472. The van der Waals surface area contributed by atoms with Crippen LogP contribution in [0.25, 0.3) is 0 Å². The highest BCUT2D eigenvalue weighted by Crippen LogP contribution is 1.74. The third-order valence-electron chi connectivity index (χ3n) is 0.909. The number of hydrogen-bond donors (Lipinski definition) is 1. The zero-order valence-electron chi connectivity index (χ0n) is 6.22. The first kappa shape index (κ1) is 9.28. The van der Waals surface area contributed by atoms with Crippen LogP contribution in [0.2, 0.25) is 0 Å². The summed E-state index contributed by atoms with van der Waals surface area (Å²) in [5.41, 5.74) is 0. The third kappa shape index (κ3) is 7.28. The minimum absolute atomic E-state index is 0.472. The van der Waals surface area contributed by atoms with Gasteiger partial charge in [0.1, 0.15) is 12.7 Å². The van der Waals surface area contributed by atoms with Gasteiger partial charge in [-0.3, -0.25) is 0 Å². The van der Waals surface area contributed by atoms with Crippen molar-refractivity contribution in [1.29, 1.82) is 0 Å². The first-order chi connectivity index (χ1) is 4.91. The molecule has 0 aromatic rings. The van der Waals surface area contributed by atoms with Crippen LogP contribution in [0.1, 0.15) is 0 Å². The maximum atomic E-state index is 5.09. The number of terminal acetylenes is 1. The van der Waals surface area contributed by atoms with Gasteiger partial charge in [-0.1, -0.05) is 6.42 Å². The van der Waals surface area contributed by atoms with E-state index in [9.17, 15) is 0 Å². The molecule has 0 aromatic heterocycles. The van der Waals surface area contributed by atoms with Crippen LogP contribution >= 0.6 is 0 Å². The monoisotopic (exact) mass is 143 g/mol. The summed E-state index contributed by atoms with van der Waals surface area (Å²) in [7, 11) is 1.88. The molecule has 0 heterocycles. The Bertz CT molecular complexity index is 98.3. The Hall–Kier alpha value is -0.720. The fourth-order valence-electron chi connectivity index (χ4n) is 0.436. The molecule has 0 radical (unpaired) electrons. The number of nitrogens with one attached hydrogen (secondary N) is 1. The molecule has 1 N–H and O–H groups in total.